The number of hydrogen-bond donors (Lipinski definition) is 16. The SMILES string of the molecule is CCNC(=O)CCCCC(=O)N[C@@H](CCC(=O)NCCO[C@@H]1O[C@@H](C)[C@@H](O)[C@@H](O)[C@@H]1O)C(=O)NCCO[C@H]1O[C@H](CO[C@H]2O[C@H](CO)[C@@H](O)[C@H](O)[C@@H]2O)[C@@H](C)[C@H](O[C@H]2O[C@H](CO)[C@@H](O)[C@H](O)[C@@H]2O)[C@@H]1O. The average molecular weight is 1020 g/mol. The Morgan fingerprint density at radius 3 is 1.60 bits per heavy atom. The number of carbonyl (C=O) groups excluding carboxylic acids is 4. The van der Waals surface area contributed by atoms with E-state index in [9.17, 15) is 80.5 Å². The molecule has 4 aliphatic rings. The molecule has 70 heavy (non-hydrogen) atoms. The Morgan fingerprint density at radius 2 is 1.01 bits per heavy atom. The summed E-state index contributed by atoms with van der Waals surface area (Å²) < 4.78 is 45.2. The third-order valence-electron chi connectivity index (χ3n) is 12.4. The van der Waals surface area contributed by atoms with Gasteiger partial charge in [-0.05, 0) is 33.1 Å². The van der Waals surface area contributed by atoms with Gasteiger partial charge in [0.15, 0.2) is 25.2 Å². The molecule has 0 saturated carbocycles. The van der Waals surface area contributed by atoms with Crippen molar-refractivity contribution in [2.24, 2.45) is 5.92 Å². The highest BCUT2D eigenvalue weighted by Crippen LogP contribution is 2.34. The molecule has 4 fully saturated rings. The highest BCUT2D eigenvalue weighted by Gasteiger charge is 2.51. The Kier molecular flexibility index (Phi) is 24.8. The Labute approximate surface area is 403 Å². The lowest BCUT2D eigenvalue weighted by Gasteiger charge is -2.47. The summed E-state index contributed by atoms with van der Waals surface area (Å²) in [7, 11) is 0. The summed E-state index contributed by atoms with van der Waals surface area (Å²) in [5.41, 5.74) is 0. The maximum Gasteiger partial charge on any atom is 0.242 e. The van der Waals surface area contributed by atoms with E-state index in [1.807, 2.05) is 0 Å². The number of nitrogens with one attached hydrogen (secondary N) is 4. The fourth-order valence-corrected chi connectivity index (χ4v) is 8.06. The number of aliphatic hydroxyl groups excluding tert-OH is 12. The van der Waals surface area contributed by atoms with E-state index in [0.717, 1.165) is 0 Å². The Morgan fingerprint density at radius 1 is 0.529 bits per heavy atom. The van der Waals surface area contributed by atoms with Gasteiger partial charge in [-0.25, -0.2) is 0 Å². The van der Waals surface area contributed by atoms with Crippen molar-refractivity contribution in [1.29, 1.82) is 0 Å². The van der Waals surface area contributed by atoms with Gasteiger partial charge in [0.2, 0.25) is 23.6 Å². The predicted molar refractivity (Wildman–Crippen MR) is 231 cm³/mol. The first-order valence-corrected chi connectivity index (χ1v) is 23.5. The maximum atomic E-state index is 13.5. The van der Waals surface area contributed by atoms with E-state index in [2.05, 4.69) is 21.3 Å². The Hall–Kier alpha value is -2.92. The van der Waals surface area contributed by atoms with Crippen LogP contribution in [-0.2, 0) is 57.1 Å². The fraction of sp³-hybridized carbons (Fsp3) is 0.905. The Bertz CT molecular complexity index is 1610. The summed E-state index contributed by atoms with van der Waals surface area (Å²) >= 11 is 0. The molecule has 0 radical (unpaired) electrons. The lowest BCUT2D eigenvalue weighted by Crippen LogP contribution is -2.63. The minimum absolute atomic E-state index is 0.0434. The summed E-state index contributed by atoms with van der Waals surface area (Å²) in [5, 5.41) is 134. The first kappa shape index (κ1) is 59.6. The van der Waals surface area contributed by atoms with E-state index < -0.39 is 166 Å². The van der Waals surface area contributed by atoms with Crippen LogP contribution in [0.15, 0.2) is 0 Å². The van der Waals surface area contributed by atoms with Gasteiger partial charge < -0.3 is 120 Å². The molecule has 0 aromatic rings. The zero-order chi connectivity index (χ0) is 51.8. The van der Waals surface area contributed by atoms with Crippen molar-refractivity contribution < 1.29 is 118 Å². The second kappa shape index (κ2) is 29.1. The summed E-state index contributed by atoms with van der Waals surface area (Å²) in [6.45, 7) is 2.36. The van der Waals surface area contributed by atoms with Gasteiger partial charge in [0.1, 0.15) is 79.3 Å². The number of carbonyl (C=O) groups is 4. The molecule has 4 heterocycles. The molecule has 0 spiro atoms. The summed E-state index contributed by atoms with van der Waals surface area (Å²) in [4.78, 5) is 51.2. The smallest absolute Gasteiger partial charge is 0.242 e. The molecule has 4 saturated heterocycles. The molecule has 16 N–H and O–H groups in total. The quantitative estimate of drug-likeness (QED) is 0.0358. The second-order valence-electron chi connectivity index (χ2n) is 17.6. The van der Waals surface area contributed by atoms with Gasteiger partial charge in [-0.15, -0.1) is 0 Å². The standard InChI is InChI=1S/C42H74N4O24/c1-4-43-24(49)7-5-6-8-26(51)46-20(9-10-25(50)44-11-13-63-39-33(58)30(55)27(52)19(3)66-39)38(62)45-12-14-64-41-36(61)37(70-42-35(60)32(57)29(54)22(16-48)68-42)18(2)23(69-41)17-65-40-34(59)31(56)28(53)21(15-47)67-40/h18-23,27-37,39-42,47-48,52-61H,4-17H2,1-3H3,(H,43,49)(H,44,50)(H,45,62)(H,46,51)/t18-,19+,20+,21-,22-,23-,27-,28-,29-,30-,31+,32+,33+,34+,35+,36+,37+,39-,40+,41+,42-/m1/s1. The van der Waals surface area contributed by atoms with Gasteiger partial charge in [-0.2, -0.15) is 0 Å². The van der Waals surface area contributed by atoms with Crippen LogP contribution in [-0.4, -0.2) is 260 Å². The van der Waals surface area contributed by atoms with Crippen molar-refractivity contribution in [3.63, 3.8) is 0 Å². The normalized spacial score (nSPS) is 38.3. The molecule has 0 bridgehead atoms. The topological polar surface area (TPSA) is 433 Å². The zero-order valence-corrected chi connectivity index (χ0v) is 39.3. The van der Waals surface area contributed by atoms with Gasteiger partial charge in [-0.1, -0.05) is 6.92 Å². The molecule has 0 aromatic carbocycles. The highest BCUT2D eigenvalue weighted by molar-refractivity contribution is 5.88. The van der Waals surface area contributed by atoms with Crippen molar-refractivity contribution in [3.8, 4) is 0 Å². The number of rotatable bonds is 26. The first-order valence-electron chi connectivity index (χ1n) is 23.5. The molecule has 406 valence electrons. The van der Waals surface area contributed by atoms with Gasteiger partial charge in [-0.3, -0.25) is 19.2 Å². The van der Waals surface area contributed by atoms with Crippen LogP contribution in [0, 0.1) is 5.92 Å². The molecule has 0 unspecified atom stereocenters. The van der Waals surface area contributed by atoms with Crippen LogP contribution in [0.1, 0.15) is 59.3 Å². The van der Waals surface area contributed by atoms with Crippen LogP contribution < -0.4 is 21.3 Å². The summed E-state index contributed by atoms with van der Waals surface area (Å²) in [6.07, 6.45) is -28.5. The van der Waals surface area contributed by atoms with Crippen molar-refractivity contribution in [2.45, 2.75) is 182 Å². The Balaban J connectivity index is 1.38. The van der Waals surface area contributed by atoms with Crippen molar-refractivity contribution in [2.75, 3.05) is 52.7 Å². The molecule has 0 aromatic heterocycles. The second-order valence-corrected chi connectivity index (χ2v) is 17.6. The van der Waals surface area contributed by atoms with E-state index in [1.54, 1.807) is 6.92 Å². The van der Waals surface area contributed by atoms with E-state index >= 15 is 0 Å². The number of amides is 4. The largest absolute Gasteiger partial charge is 0.394 e. The molecule has 4 rings (SSSR count). The molecule has 28 heteroatoms. The zero-order valence-electron chi connectivity index (χ0n) is 39.3. The van der Waals surface area contributed by atoms with Gasteiger partial charge in [0, 0.05) is 44.8 Å². The first-order chi connectivity index (χ1) is 33.2. The predicted octanol–water partition coefficient (Wildman–Crippen LogP) is -8.24. The molecular weight excluding hydrogens is 944 g/mol. The van der Waals surface area contributed by atoms with Crippen LogP contribution in [0.2, 0.25) is 0 Å². The number of hydrogen-bond acceptors (Lipinski definition) is 24. The van der Waals surface area contributed by atoms with Crippen LogP contribution >= 0.6 is 0 Å². The van der Waals surface area contributed by atoms with Gasteiger partial charge in [0.05, 0.1) is 51.3 Å². The molecule has 4 amide bonds. The monoisotopic (exact) mass is 1020 g/mol. The van der Waals surface area contributed by atoms with Gasteiger partial charge in [0.25, 0.3) is 0 Å². The summed E-state index contributed by atoms with van der Waals surface area (Å²) in [6, 6.07) is -1.25. The molecule has 28 nitrogen and oxygen atoms in total. The third-order valence-corrected chi connectivity index (χ3v) is 12.4. The van der Waals surface area contributed by atoms with Crippen molar-refractivity contribution in [1.82, 2.24) is 21.3 Å². The lowest BCUT2D eigenvalue weighted by atomic mass is 9.90. The molecule has 4 aliphatic heterocycles. The van der Waals surface area contributed by atoms with E-state index in [0.29, 0.717) is 19.4 Å². The molecule has 0 aliphatic carbocycles. The van der Waals surface area contributed by atoms with Crippen LogP contribution in [0.3, 0.4) is 0 Å². The fourth-order valence-electron chi connectivity index (χ4n) is 8.06. The number of unbranched alkanes of at least 4 members (excludes halogenated alkanes) is 1. The highest BCUT2D eigenvalue weighted by atomic mass is 16.7. The number of aliphatic hydroxyl groups is 12. The lowest BCUT2D eigenvalue weighted by molar-refractivity contribution is -0.359. The van der Waals surface area contributed by atoms with Crippen LogP contribution in [0.5, 0.6) is 0 Å². The average Bonchev–Trinajstić information content (AvgIpc) is 3.33. The van der Waals surface area contributed by atoms with Gasteiger partial charge >= 0.3 is 0 Å². The van der Waals surface area contributed by atoms with Crippen LogP contribution in [0.25, 0.3) is 0 Å². The molecular formula is C42H74N4O24. The van der Waals surface area contributed by atoms with E-state index in [4.69, 9.17) is 37.9 Å². The van der Waals surface area contributed by atoms with Crippen molar-refractivity contribution in [3.05, 3.63) is 0 Å². The van der Waals surface area contributed by atoms with Crippen molar-refractivity contribution >= 4 is 23.6 Å². The van der Waals surface area contributed by atoms with E-state index in [-0.39, 0.29) is 57.9 Å². The maximum absolute atomic E-state index is 13.5. The minimum Gasteiger partial charge on any atom is -0.394 e. The van der Waals surface area contributed by atoms with Crippen LogP contribution in [0.4, 0.5) is 0 Å². The molecule has 21 atom stereocenters. The number of ether oxygens (including phenoxy) is 8. The summed E-state index contributed by atoms with van der Waals surface area (Å²) in [5.74, 6) is -2.90. The minimum atomic E-state index is -1.87. The third kappa shape index (κ3) is 16.5. The van der Waals surface area contributed by atoms with E-state index in [1.165, 1.54) is 13.8 Å².